The van der Waals surface area contributed by atoms with Crippen LogP contribution >= 0.6 is 0 Å². The fourth-order valence-electron chi connectivity index (χ4n) is 3.37. The van der Waals surface area contributed by atoms with Crippen LogP contribution in [0.15, 0.2) is 12.2 Å². The molecule has 2 unspecified atom stereocenters. The summed E-state index contributed by atoms with van der Waals surface area (Å²) < 4.78 is 35.8. The number of aliphatic hydroxyl groups excluding tert-OH is 1. The number of hydrogen-bond donors (Lipinski definition) is 4. The van der Waals surface area contributed by atoms with Crippen molar-refractivity contribution in [1.82, 2.24) is 5.32 Å². The van der Waals surface area contributed by atoms with Crippen LogP contribution in [0.5, 0.6) is 0 Å². The van der Waals surface area contributed by atoms with Crippen LogP contribution in [0.2, 0.25) is 0 Å². The van der Waals surface area contributed by atoms with E-state index in [9.17, 15) is 27.9 Å². The third-order valence-electron chi connectivity index (χ3n) is 5.39. The summed E-state index contributed by atoms with van der Waals surface area (Å²) in [6.07, 6.45) is 15.2. The second-order valence-electron chi connectivity index (χ2n) is 8.64. The minimum atomic E-state index is -4.90. The van der Waals surface area contributed by atoms with E-state index in [0.29, 0.717) is 12.8 Å². The molecule has 1 amide bonds. The molecule has 0 aliphatic carbocycles. The molecule has 35 heavy (non-hydrogen) atoms. The Morgan fingerprint density at radius 3 is 2.29 bits per heavy atom. The predicted octanol–water partition coefficient (Wildman–Crippen LogP) is 3.39. The van der Waals surface area contributed by atoms with Gasteiger partial charge in [-0.2, -0.15) is 8.42 Å². The molecule has 204 valence electrons. The molecule has 2 atom stereocenters. The molecular weight excluding hydrogens is 478 g/mol. The van der Waals surface area contributed by atoms with E-state index < -0.39 is 33.7 Å². The van der Waals surface area contributed by atoms with Gasteiger partial charge in [-0.25, -0.2) is 0 Å². The highest BCUT2D eigenvalue weighted by Gasteiger charge is 2.34. The van der Waals surface area contributed by atoms with Gasteiger partial charge in [0.25, 0.3) is 10.1 Å². The first-order valence-electron chi connectivity index (χ1n) is 12.5. The lowest BCUT2D eigenvalue weighted by molar-refractivity contribution is -0.147. The average molecular weight is 522 g/mol. The van der Waals surface area contributed by atoms with E-state index in [1.165, 1.54) is 19.3 Å². The predicted molar refractivity (Wildman–Crippen MR) is 132 cm³/mol. The maximum absolute atomic E-state index is 11.8. The number of amides is 1. The van der Waals surface area contributed by atoms with E-state index >= 15 is 0 Å². The first kappa shape index (κ1) is 33.0. The summed E-state index contributed by atoms with van der Waals surface area (Å²) in [6, 6.07) is 0. The quantitative estimate of drug-likeness (QED) is 0.0722. The summed E-state index contributed by atoms with van der Waals surface area (Å²) >= 11 is 0. The van der Waals surface area contributed by atoms with E-state index in [-0.39, 0.29) is 25.2 Å². The van der Waals surface area contributed by atoms with Crippen molar-refractivity contribution in [1.29, 1.82) is 0 Å². The largest absolute Gasteiger partial charge is 0.481 e. The van der Waals surface area contributed by atoms with Crippen molar-refractivity contribution in [2.24, 2.45) is 0 Å². The molecule has 0 radical (unpaired) electrons. The molecule has 4 N–H and O–H groups in total. The Morgan fingerprint density at radius 1 is 0.971 bits per heavy atom. The van der Waals surface area contributed by atoms with Crippen molar-refractivity contribution in [3.05, 3.63) is 12.2 Å². The number of aliphatic carboxylic acids is 1. The number of aliphatic hydroxyl groups is 1. The van der Waals surface area contributed by atoms with Crippen molar-refractivity contribution < 1.29 is 42.3 Å². The van der Waals surface area contributed by atoms with Crippen LogP contribution in [0.4, 0.5) is 0 Å². The summed E-state index contributed by atoms with van der Waals surface area (Å²) in [5.74, 6) is -3.18. The topological polar surface area (TPSA) is 167 Å². The monoisotopic (exact) mass is 521 g/mol. The van der Waals surface area contributed by atoms with Crippen LogP contribution in [0.1, 0.15) is 96.8 Å². The van der Waals surface area contributed by atoms with E-state index in [4.69, 9.17) is 9.66 Å². The number of carbonyl (C=O) groups is 3. The number of ether oxygens (including phenoxy) is 1. The summed E-state index contributed by atoms with van der Waals surface area (Å²) in [5.41, 5.74) is 0. The lowest BCUT2D eigenvalue weighted by atomic mass is 10.1. The fourth-order valence-corrected chi connectivity index (χ4v) is 4.03. The Balaban J connectivity index is 3.72. The maximum Gasteiger partial charge on any atom is 0.327 e. The molecule has 0 bridgehead atoms. The zero-order valence-electron chi connectivity index (χ0n) is 20.8. The van der Waals surface area contributed by atoms with Crippen LogP contribution < -0.4 is 5.32 Å². The highest BCUT2D eigenvalue weighted by Crippen LogP contribution is 2.11. The van der Waals surface area contributed by atoms with Crippen molar-refractivity contribution in [3.8, 4) is 0 Å². The number of hydrogen-bond acceptors (Lipinski definition) is 7. The molecule has 0 rings (SSSR count). The van der Waals surface area contributed by atoms with E-state index in [2.05, 4.69) is 29.1 Å². The van der Waals surface area contributed by atoms with E-state index in [1.54, 1.807) is 0 Å². The second-order valence-corrected chi connectivity index (χ2v) is 10.2. The number of rotatable bonds is 22. The average Bonchev–Trinajstić information content (AvgIpc) is 2.78. The molecule has 0 heterocycles. The van der Waals surface area contributed by atoms with Gasteiger partial charge in [0, 0.05) is 6.42 Å². The van der Waals surface area contributed by atoms with Crippen molar-refractivity contribution in [2.75, 3.05) is 13.2 Å². The van der Waals surface area contributed by atoms with Crippen molar-refractivity contribution >= 4 is 28.0 Å². The fraction of sp³-hybridized carbons (Fsp3) is 0.792. The Kier molecular flexibility index (Phi) is 19.1. The van der Waals surface area contributed by atoms with Gasteiger partial charge in [0.05, 0.1) is 19.1 Å². The third kappa shape index (κ3) is 20.0. The highest BCUT2D eigenvalue weighted by molar-refractivity contribution is 7.87. The number of carbonyl (C=O) groups excluding carboxylic acids is 2. The highest BCUT2D eigenvalue weighted by atomic mass is 32.2. The first-order valence-corrected chi connectivity index (χ1v) is 14.0. The zero-order chi connectivity index (χ0) is 26.5. The van der Waals surface area contributed by atoms with Crippen LogP contribution in [0.25, 0.3) is 0 Å². The van der Waals surface area contributed by atoms with Crippen molar-refractivity contribution in [3.63, 3.8) is 0 Å². The summed E-state index contributed by atoms with van der Waals surface area (Å²) in [5, 5.41) is 18.9. The van der Waals surface area contributed by atoms with Crippen LogP contribution in [0.3, 0.4) is 0 Å². The van der Waals surface area contributed by atoms with Gasteiger partial charge >= 0.3 is 11.9 Å². The second kappa shape index (κ2) is 20.2. The van der Waals surface area contributed by atoms with Crippen LogP contribution in [-0.2, 0) is 29.2 Å². The van der Waals surface area contributed by atoms with Gasteiger partial charge < -0.3 is 20.3 Å². The number of esters is 1. The smallest absolute Gasteiger partial charge is 0.327 e. The molecule has 0 spiro atoms. The summed E-state index contributed by atoms with van der Waals surface area (Å²) in [6.45, 7) is 1.79. The van der Waals surface area contributed by atoms with Crippen LogP contribution in [0, 0.1) is 0 Å². The molecule has 0 aromatic rings. The van der Waals surface area contributed by atoms with Gasteiger partial charge in [0.15, 0.2) is 5.25 Å². The zero-order valence-corrected chi connectivity index (χ0v) is 21.6. The molecule has 0 aromatic heterocycles. The SMILES string of the molecule is CCCCCCC(O)C/C=C/CCCCCCCC(=O)NCCOC(=O)C(CC(=O)O)S(=O)(=O)O. The van der Waals surface area contributed by atoms with Gasteiger partial charge in [-0.1, -0.05) is 64.0 Å². The first-order chi connectivity index (χ1) is 16.6. The minimum absolute atomic E-state index is 0.0460. The molecular formula is C24H43NO9S. The summed E-state index contributed by atoms with van der Waals surface area (Å²) in [7, 11) is -4.90. The minimum Gasteiger partial charge on any atom is -0.481 e. The number of nitrogens with one attached hydrogen (secondary N) is 1. The lowest BCUT2D eigenvalue weighted by Crippen LogP contribution is -2.36. The Hall–Kier alpha value is -1.98. The Morgan fingerprint density at radius 2 is 1.63 bits per heavy atom. The molecule has 10 nitrogen and oxygen atoms in total. The van der Waals surface area contributed by atoms with Crippen LogP contribution in [-0.4, -0.2) is 65.5 Å². The molecule has 0 aromatic carbocycles. The number of unbranched alkanes of at least 4 members (excludes halogenated alkanes) is 8. The lowest BCUT2D eigenvalue weighted by Gasteiger charge is -2.12. The maximum atomic E-state index is 11.8. The molecule has 0 fully saturated rings. The van der Waals surface area contributed by atoms with Gasteiger partial charge in [0.1, 0.15) is 6.61 Å². The molecule has 0 aliphatic heterocycles. The Labute approximate surface area is 209 Å². The molecule has 11 heteroatoms. The number of allylic oxidation sites excluding steroid dienone is 1. The van der Waals surface area contributed by atoms with Gasteiger partial charge in [-0.15, -0.1) is 0 Å². The van der Waals surface area contributed by atoms with Gasteiger partial charge in [-0.3, -0.25) is 18.9 Å². The number of carboxylic acid groups (broad SMARTS) is 1. The third-order valence-corrected chi connectivity index (χ3v) is 6.47. The van der Waals surface area contributed by atoms with E-state index in [1.807, 2.05) is 0 Å². The normalized spacial score (nSPS) is 13.5. The number of carboxylic acids is 1. The molecule has 0 saturated heterocycles. The molecule has 0 saturated carbocycles. The van der Waals surface area contributed by atoms with Crippen molar-refractivity contribution in [2.45, 2.75) is 108 Å². The molecule has 0 aliphatic rings. The summed E-state index contributed by atoms with van der Waals surface area (Å²) in [4.78, 5) is 34.1. The van der Waals surface area contributed by atoms with Gasteiger partial charge in [-0.05, 0) is 32.1 Å². The standard InChI is InChI=1S/C24H43NO9S/c1-2-3-4-11-14-20(26)15-12-9-7-5-6-8-10-13-16-22(27)25-17-18-34-24(30)21(19-23(28)29)35(31,32)33/h9,12,20-21,26H,2-8,10-11,13-19H2,1H3,(H,25,27)(H,28,29)(H,31,32,33)/b12-9+. The van der Waals surface area contributed by atoms with Gasteiger partial charge in [0.2, 0.25) is 5.91 Å². The Bertz CT molecular complexity index is 737. The van der Waals surface area contributed by atoms with E-state index in [0.717, 1.165) is 51.4 Å².